The zero-order chi connectivity index (χ0) is 13.9. The van der Waals surface area contributed by atoms with E-state index < -0.39 is 10.8 Å². The first-order valence-corrected chi connectivity index (χ1v) is 6.77. The first-order valence-electron chi connectivity index (χ1n) is 5.60. The molecular weight excluding hydrogens is 316 g/mol. The van der Waals surface area contributed by atoms with Gasteiger partial charge in [0.1, 0.15) is 5.84 Å². The van der Waals surface area contributed by atoms with Crippen molar-refractivity contribution in [2.45, 2.75) is 26.2 Å². The van der Waals surface area contributed by atoms with Gasteiger partial charge in [0.25, 0.3) is 0 Å². The van der Waals surface area contributed by atoms with E-state index in [-0.39, 0.29) is 11.8 Å². The fourth-order valence-corrected chi connectivity index (χ4v) is 2.15. The number of carbonyl (C=O) groups is 1. The Kier molecular flexibility index (Phi) is 4.93. The summed E-state index contributed by atoms with van der Waals surface area (Å²) in [6, 6.07) is 7.73. The summed E-state index contributed by atoms with van der Waals surface area (Å²) >= 11 is 8.68. The normalized spacial score (nSPS) is 14.1. The number of hydrogen-bond acceptors (Lipinski definition) is 2. The van der Waals surface area contributed by atoms with Crippen LogP contribution in [0.1, 0.15) is 26.3 Å². The first-order chi connectivity index (χ1) is 8.28. The predicted octanol–water partition coefficient (Wildman–Crippen LogP) is 4.29. The quantitative estimate of drug-likeness (QED) is 0.369. The second kappa shape index (κ2) is 5.85. The van der Waals surface area contributed by atoms with Crippen LogP contribution in [0.5, 0.6) is 0 Å². The summed E-state index contributed by atoms with van der Waals surface area (Å²) in [6.07, 6.45) is 0. The smallest absolute Gasteiger partial charge is 0.300 e. The summed E-state index contributed by atoms with van der Waals surface area (Å²) in [4.78, 5) is 10.9. The number of nitrogens with one attached hydrogen (secondary N) is 2. The summed E-state index contributed by atoms with van der Waals surface area (Å²) in [6.45, 7) is 5.95. The van der Waals surface area contributed by atoms with Crippen molar-refractivity contribution in [3.63, 3.8) is 0 Å². The molecule has 98 valence electrons. The summed E-state index contributed by atoms with van der Waals surface area (Å²) < 4.78 is 0.977. The zero-order valence-corrected chi connectivity index (χ0v) is 12.9. The number of amides is 1. The number of carbonyl (C=O) groups excluding carboxylic acids is 1. The van der Waals surface area contributed by atoms with Crippen LogP contribution >= 0.6 is 27.5 Å². The minimum absolute atomic E-state index is 0.111. The molecule has 0 aromatic heterocycles. The molecule has 18 heavy (non-hydrogen) atoms. The first kappa shape index (κ1) is 15.2. The average Bonchev–Trinajstić information content (AvgIpc) is 2.27. The predicted molar refractivity (Wildman–Crippen MR) is 78.4 cm³/mol. The van der Waals surface area contributed by atoms with Gasteiger partial charge in [0.2, 0.25) is 0 Å². The molecule has 1 amide bonds. The Hall–Kier alpha value is -0.870. The number of benzene rings is 1. The van der Waals surface area contributed by atoms with Crippen molar-refractivity contribution in [3.05, 3.63) is 34.3 Å². The molecule has 1 atom stereocenters. The van der Waals surface area contributed by atoms with Gasteiger partial charge in [0, 0.05) is 4.47 Å². The molecule has 3 nitrogen and oxygen atoms in total. The monoisotopic (exact) mass is 330 g/mol. The SMILES string of the molecule is CC(C)C(C)(C(=N)NC(=O)Cl)c1ccc(Br)cc1. The van der Waals surface area contributed by atoms with Crippen LogP contribution in [0, 0.1) is 11.3 Å². The maximum Gasteiger partial charge on any atom is 0.319 e. The van der Waals surface area contributed by atoms with Gasteiger partial charge in [-0.15, -0.1) is 0 Å². The fraction of sp³-hybridized carbons (Fsp3) is 0.385. The summed E-state index contributed by atoms with van der Waals surface area (Å²) in [7, 11) is 0. The highest BCUT2D eigenvalue weighted by Crippen LogP contribution is 2.33. The molecule has 1 aromatic rings. The Balaban J connectivity index is 3.18. The van der Waals surface area contributed by atoms with Gasteiger partial charge in [-0.1, -0.05) is 41.9 Å². The molecule has 0 fully saturated rings. The molecular formula is C13H16BrClN2O. The molecule has 0 bridgehead atoms. The van der Waals surface area contributed by atoms with E-state index in [0.29, 0.717) is 0 Å². The second-order valence-corrected chi connectivity index (χ2v) is 5.90. The lowest BCUT2D eigenvalue weighted by molar-refractivity contribution is 0.262. The van der Waals surface area contributed by atoms with E-state index in [0.717, 1.165) is 10.0 Å². The lowest BCUT2D eigenvalue weighted by Crippen LogP contribution is -2.46. The third-order valence-corrected chi connectivity index (χ3v) is 3.96. The topological polar surface area (TPSA) is 53.0 Å². The minimum atomic E-state index is -0.732. The average molecular weight is 332 g/mol. The highest BCUT2D eigenvalue weighted by Gasteiger charge is 2.36. The van der Waals surface area contributed by atoms with Gasteiger partial charge in [-0.3, -0.25) is 10.2 Å². The zero-order valence-electron chi connectivity index (χ0n) is 10.6. The number of amidine groups is 1. The Labute approximate surface area is 121 Å². The third kappa shape index (κ3) is 3.12. The van der Waals surface area contributed by atoms with Crippen LogP contribution in [0.3, 0.4) is 0 Å². The van der Waals surface area contributed by atoms with Crippen molar-refractivity contribution in [2.24, 2.45) is 5.92 Å². The van der Waals surface area contributed by atoms with Crippen molar-refractivity contribution in [1.29, 1.82) is 5.41 Å². The van der Waals surface area contributed by atoms with Crippen molar-refractivity contribution in [2.75, 3.05) is 0 Å². The van der Waals surface area contributed by atoms with Crippen LogP contribution in [-0.4, -0.2) is 11.2 Å². The second-order valence-electron chi connectivity index (χ2n) is 4.64. The molecule has 1 unspecified atom stereocenters. The Morgan fingerprint density at radius 2 is 1.89 bits per heavy atom. The van der Waals surface area contributed by atoms with Gasteiger partial charge in [-0.05, 0) is 42.1 Å². The van der Waals surface area contributed by atoms with Crippen molar-refractivity contribution < 1.29 is 4.79 Å². The molecule has 0 aliphatic carbocycles. The van der Waals surface area contributed by atoms with Crippen LogP contribution in [0.2, 0.25) is 0 Å². The van der Waals surface area contributed by atoms with Crippen LogP contribution in [0.25, 0.3) is 0 Å². The maximum atomic E-state index is 10.9. The molecule has 0 saturated heterocycles. The maximum absolute atomic E-state index is 10.9. The molecule has 0 radical (unpaired) electrons. The highest BCUT2D eigenvalue weighted by molar-refractivity contribution is 9.10. The summed E-state index contributed by atoms with van der Waals surface area (Å²) in [5.74, 6) is 0.259. The summed E-state index contributed by atoms with van der Waals surface area (Å²) in [5.41, 5.74) is 0.391. The van der Waals surface area contributed by atoms with Crippen LogP contribution < -0.4 is 5.32 Å². The van der Waals surface area contributed by atoms with Gasteiger partial charge in [-0.25, -0.2) is 0 Å². The van der Waals surface area contributed by atoms with E-state index in [9.17, 15) is 4.79 Å². The van der Waals surface area contributed by atoms with E-state index in [4.69, 9.17) is 17.0 Å². The summed E-state index contributed by atoms with van der Waals surface area (Å²) in [5, 5.41) is 9.71. The number of halogens is 2. The molecule has 5 heteroatoms. The molecule has 0 aliphatic rings. The standard InChI is InChI=1S/C13H16BrClN2O/c1-8(2)13(3,11(16)17-12(15)18)9-4-6-10(14)7-5-9/h4-8H,1-3H3,(H2,16,17,18). The minimum Gasteiger partial charge on any atom is -0.300 e. The Morgan fingerprint density at radius 1 is 1.39 bits per heavy atom. The van der Waals surface area contributed by atoms with Crippen LogP contribution in [-0.2, 0) is 5.41 Å². The number of hydrogen-bond donors (Lipinski definition) is 2. The van der Waals surface area contributed by atoms with E-state index in [1.165, 1.54) is 0 Å². The highest BCUT2D eigenvalue weighted by atomic mass is 79.9. The van der Waals surface area contributed by atoms with E-state index in [1.54, 1.807) is 0 Å². The third-order valence-electron chi connectivity index (χ3n) is 3.34. The van der Waals surface area contributed by atoms with Gasteiger partial charge in [0.15, 0.2) is 0 Å². The van der Waals surface area contributed by atoms with E-state index in [1.807, 2.05) is 45.0 Å². The number of rotatable bonds is 3. The van der Waals surface area contributed by atoms with Crippen molar-refractivity contribution in [3.8, 4) is 0 Å². The van der Waals surface area contributed by atoms with Gasteiger partial charge in [-0.2, -0.15) is 0 Å². The molecule has 0 spiro atoms. The molecule has 1 rings (SSSR count). The Bertz CT molecular complexity index is 459. The van der Waals surface area contributed by atoms with Crippen LogP contribution in [0.4, 0.5) is 4.79 Å². The van der Waals surface area contributed by atoms with Gasteiger partial charge < -0.3 is 5.32 Å². The fourth-order valence-electron chi connectivity index (χ4n) is 1.79. The van der Waals surface area contributed by atoms with Crippen LogP contribution in [0.15, 0.2) is 28.7 Å². The lowest BCUT2D eigenvalue weighted by atomic mass is 9.72. The molecule has 0 saturated carbocycles. The molecule has 2 N–H and O–H groups in total. The molecule has 0 aliphatic heterocycles. The van der Waals surface area contributed by atoms with Crippen molar-refractivity contribution >= 4 is 38.7 Å². The largest absolute Gasteiger partial charge is 0.319 e. The van der Waals surface area contributed by atoms with Gasteiger partial charge >= 0.3 is 5.37 Å². The van der Waals surface area contributed by atoms with E-state index in [2.05, 4.69) is 21.2 Å². The van der Waals surface area contributed by atoms with E-state index >= 15 is 0 Å². The molecule has 1 aromatic carbocycles. The lowest BCUT2D eigenvalue weighted by Gasteiger charge is -2.34. The van der Waals surface area contributed by atoms with Gasteiger partial charge in [0.05, 0.1) is 5.41 Å². The Morgan fingerprint density at radius 3 is 2.28 bits per heavy atom. The van der Waals surface area contributed by atoms with Crippen molar-refractivity contribution in [1.82, 2.24) is 5.32 Å². The molecule has 0 heterocycles.